The summed E-state index contributed by atoms with van der Waals surface area (Å²) in [5, 5.41) is 10.2. The Morgan fingerprint density at radius 3 is 2.57 bits per heavy atom. The molecule has 3 unspecified atom stereocenters. The van der Waals surface area contributed by atoms with E-state index in [0.717, 1.165) is 37.0 Å². The third-order valence-corrected chi connectivity index (χ3v) is 3.98. The van der Waals surface area contributed by atoms with E-state index in [1.165, 1.54) is 0 Å². The molecule has 0 saturated heterocycles. The largest absolute Gasteiger partial charge is 0.494 e. The van der Waals surface area contributed by atoms with Crippen LogP contribution in [0.4, 0.5) is 0 Å². The lowest BCUT2D eigenvalue weighted by molar-refractivity contribution is -0.0570. The molecule has 21 heavy (non-hydrogen) atoms. The first kappa shape index (κ1) is 16.3. The third-order valence-electron chi connectivity index (χ3n) is 3.98. The lowest BCUT2D eigenvalue weighted by Crippen LogP contribution is -2.28. The zero-order valence-electron chi connectivity index (χ0n) is 13.0. The van der Waals surface area contributed by atoms with Crippen LogP contribution in [0.1, 0.15) is 44.3 Å². The number of aliphatic hydroxyl groups excluding tert-OH is 1. The van der Waals surface area contributed by atoms with Gasteiger partial charge in [0.25, 0.3) is 0 Å². The van der Waals surface area contributed by atoms with Crippen molar-refractivity contribution < 1.29 is 19.3 Å². The Balaban J connectivity index is 1.79. The monoisotopic (exact) mass is 294 g/mol. The molecule has 1 aromatic carbocycles. The van der Waals surface area contributed by atoms with Crippen molar-refractivity contribution in [2.24, 2.45) is 0 Å². The van der Waals surface area contributed by atoms with E-state index in [9.17, 15) is 5.11 Å². The van der Waals surface area contributed by atoms with E-state index in [0.29, 0.717) is 19.3 Å². The van der Waals surface area contributed by atoms with Crippen LogP contribution in [0.5, 0.6) is 5.75 Å². The fourth-order valence-electron chi connectivity index (χ4n) is 2.74. The van der Waals surface area contributed by atoms with Crippen LogP contribution in [0.25, 0.3) is 0 Å². The van der Waals surface area contributed by atoms with Crippen LogP contribution >= 0.6 is 0 Å². The molecule has 1 aromatic rings. The Hall–Kier alpha value is -1.10. The van der Waals surface area contributed by atoms with E-state index in [-0.39, 0.29) is 6.10 Å². The zero-order chi connectivity index (χ0) is 15.1. The van der Waals surface area contributed by atoms with E-state index < -0.39 is 6.10 Å². The summed E-state index contributed by atoms with van der Waals surface area (Å²) in [4.78, 5) is 0. The Labute approximate surface area is 127 Å². The first-order valence-corrected chi connectivity index (χ1v) is 7.78. The van der Waals surface area contributed by atoms with E-state index >= 15 is 0 Å². The maximum absolute atomic E-state index is 10.2. The van der Waals surface area contributed by atoms with Crippen LogP contribution in [0.3, 0.4) is 0 Å². The molecular weight excluding hydrogens is 268 g/mol. The molecule has 118 valence electrons. The molecule has 1 aliphatic carbocycles. The van der Waals surface area contributed by atoms with E-state index in [1.807, 2.05) is 31.2 Å². The van der Waals surface area contributed by atoms with Crippen LogP contribution in [0.15, 0.2) is 24.3 Å². The lowest BCUT2D eigenvalue weighted by Gasteiger charge is -2.29. The normalized spacial score (nSPS) is 23.8. The van der Waals surface area contributed by atoms with Crippen molar-refractivity contribution in [1.82, 2.24) is 0 Å². The van der Waals surface area contributed by atoms with Crippen LogP contribution < -0.4 is 4.74 Å². The maximum Gasteiger partial charge on any atom is 0.119 e. The maximum atomic E-state index is 10.2. The van der Waals surface area contributed by atoms with Gasteiger partial charge in [-0.05, 0) is 50.3 Å². The standard InChI is InChI=1S/C17H26O4/c1-3-20-14-9-7-13(8-10-14)17(18)12-21-16-6-4-5-15(11-16)19-2/h7-10,15-18H,3-6,11-12H2,1-2H3. The Morgan fingerprint density at radius 2 is 1.90 bits per heavy atom. The van der Waals surface area contributed by atoms with Crippen molar-refractivity contribution in [3.63, 3.8) is 0 Å². The summed E-state index contributed by atoms with van der Waals surface area (Å²) in [6.07, 6.45) is 4.11. The van der Waals surface area contributed by atoms with Crippen molar-refractivity contribution in [3.8, 4) is 5.75 Å². The number of hydrogen-bond donors (Lipinski definition) is 1. The van der Waals surface area contributed by atoms with Gasteiger partial charge in [-0.25, -0.2) is 0 Å². The topological polar surface area (TPSA) is 47.9 Å². The van der Waals surface area contributed by atoms with E-state index in [4.69, 9.17) is 14.2 Å². The number of hydrogen-bond acceptors (Lipinski definition) is 4. The molecule has 1 saturated carbocycles. The molecule has 0 aromatic heterocycles. The summed E-state index contributed by atoms with van der Waals surface area (Å²) in [7, 11) is 1.75. The number of methoxy groups -OCH3 is 1. The number of rotatable bonds is 7. The molecule has 0 amide bonds. The van der Waals surface area contributed by atoms with Crippen molar-refractivity contribution in [2.75, 3.05) is 20.3 Å². The third kappa shape index (κ3) is 4.99. The highest BCUT2D eigenvalue weighted by Crippen LogP contribution is 2.25. The fraction of sp³-hybridized carbons (Fsp3) is 0.647. The summed E-state index contributed by atoms with van der Waals surface area (Å²) >= 11 is 0. The van der Waals surface area contributed by atoms with Gasteiger partial charge in [0, 0.05) is 7.11 Å². The lowest BCUT2D eigenvalue weighted by atomic mass is 9.95. The smallest absolute Gasteiger partial charge is 0.119 e. The van der Waals surface area contributed by atoms with Gasteiger partial charge in [-0.2, -0.15) is 0 Å². The molecule has 0 spiro atoms. The molecule has 4 nitrogen and oxygen atoms in total. The van der Waals surface area contributed by atoms with Crippen LogP contribution in [0, 0.1) is 0 Å². The molecule has 1 N–H and O–H groups in total. The van der Waals surface area contributed by atoms with Crippen LogP contribution in [-0.2, 0) is 9.47 Å². The molecular formula is C17H26O4. The van der Waals surface area contributed by atoms with E-state index in [2.05, 4.69) is 0 Å². The van der Waals surface area contributed by atoms with Crippen LogP contribution in [0.2, 0.25) is 0 Å². The van der Waals surface area contributed by atoms with Gasteiger partial charge in [0.2, 0.25) is 0 Å². The van der Waals surface area contributed by atoms with Crippen molar-refractivity contribution in [1.29, 1.82) is 0 Å². The molecule has 0 bridgehead atoms. The molecule has 3 atom stereocenters. The molecule has 1 aliphatic rings. The van der Waals surface area contributed by atoms with Crippen molar-refractivity contribution in [3.05, 3.63) is 29.8 Å². The molecule has 4 heteroatoms. The second-order valence-electron chi connectivity index (χ2n) is 5.50. The van der Waals surface area contributed by atoms with Gasteiger partial charge in [0.15, 0.2) is 0 Å². The first-order chi connectivity index (χ1) is 10.2. The highest BCUT2D eigenvalue weighted by molar-refractivity contribution is 5.28. The zero-order valence-corrected chi connectivity index (χ0v) is 13.0. The number of aliphatic hydroxyl groups is 1. The number of benzene rings is 1. The molecule has 0 heterocycles. The highest BCUT2D eigenvalue weighted by atomic mass is 16.5. The minimum Gasteiger partial charge on any atom is -0.494 e. The molecule has 0 radical (unpaired) electrons. The Bertz CT molecular complexity index is 404. The predicted molar refractivity (Wildman–Crippen MR) is 81.6 cm³/mol. The summed E-state index contributed by atoms with van der Waals surface area (Å²) < 4.78 is 16.6. The van der Waals surface area contributed by atoms with Gasteiger partial charge >= 0.3 is 0 Å². The average molecular weight is 294 g/mol. The average Bonchev–Trinajstić information content (AvgIpc) is 2.54. The van der Waals surface area contributed by atoms with Crippen LogP contribution in [-0.4, -0.2) is 37.6 Å². The summed E-state index contributed by atoms with van der Waals surface area (Å²) in [6, 6.07) is 7.53. The van der Waals surface area contributed by atoms with Gasteiger partial charge in [-0.1, -0.05) is 12.1 Å². The number of ether oxygens (including phenoxy) is 3. The highest BCUT2D eigenvalue weighted by Gasteiger charge is 2.23. The first-order valence-electron chi connectivity index (χ1n) is 7.78. The minimum absolute atomic E-state index is 0.195. The second kappa shape index (κ2) is 8.37. The van der Waals surface area contributed by atoms with Gasteiger partial charge in [-0.15, -0.1) is 0 Å². The second-order valence-corrected chi connectivity index (χ2v) is 5.50. The predicted octanol–water partition coefficient (Wildman–Crippen LogP) is 3.09. The van der Waals surface area contributed by atoms with Gasteiger partial charge < -0.3 is 19.3 Å². The Kier molecular flexibility index (Phi) is 6.49. The van der Waals surface area contributed by atoms with Crippen molar-refractivity contribution >= 4 is 0 Å². The Morgan fingerprint density at radius 1 is 1.19 bits per heavy atom. The minimum atomic E-state index is -0.594. The molecule has 1 fully saturated rings. The fourth-order valence-corrected chi connectivity index (χ4v) is 2.74. The molecule has 0 aliphatic heterocycles. The van der Waals surface area contributed by atoms with Gasteiger partial charge in [0.05, 0.1) is 25.4 Å². The van der Waals surface area contributed by atoms with Gasteiger partial charge in [0.1, 0.15) is 11.9 Å². The van der Waals surface area contributed by atoms with Gasteiger partial charge in [-0.3, -0.25) is 0 Å². The SMILES string of the molecule is CCOc1ccc(C(O)COC2CCCC(OC)C2)cc1. The summed E-state index contributed by atoms with van der Waals surface area (Å²) in [5.41, 5.74) is 0.859. The van der Waals surface area contributed by atoms with Crippen molar-refractivity contribution in [2.45, 2.75) is 50.9 Å². The summed E-state index contributed by atoms with van der Waals surface area (Å²) in [6.45, 7) is 2.93. The van der Waals surface area contributed by atoms with E-state index in [1.54, 1.807) is 7.11 Å². The molecule has 2 rings (SSSR count). The summed E-state index contributed by atoms with van der Waals surface area (Å²) in [5.74, 6) is 0.824. The quantitative estimate of drug-likeness (QED) is 0.839.